The summed E-state index contributed by atoms with van der Waals surface area (Å²) < 4.78 is 18.8. The molecule has 2 amide bonds. The van der Waals surface area contributed by atoms with E-state index in [0.717, 1.165) is 0 Å². The monoisotopic (exact) mass is 330 g/mol. The Labute approximate surface area is 139 Å². The van der Waals surface area contributed by atoms with Crippen molar-refractivity contribution >= 4 is 17.5 Å². The molecule has 0 saturated heterocycles. The molecule has 2 aromatic carbocycles. The van der Waals surface area contributed by atoms with Crippen molar-refractivity contribution in [1.29, 1.82) is 0 Å². The fourth-order valence-electron chi connectivity index (χ4n) is 2.17. The molecule has 0 aliphatic heterocycles. The summed E-state index contributed by atoms with van der Waals surface area (Å²) in [5.41, 5.74) is 6.05. The van der Waals surface area contributed by atoms with Gasteiger partial charge in [0.1, 0.15) is 11.6 Å². The number of hydrogen-bond acceptors (Lipinski definition) is 3. The third-order valence-electron chi connectivity index (χ3n) is 3.41. The Morgan fingerprint density at radius 1 is 1.21 bits per heavy atom. The number of hydrogen-bond donors (Lipinski definition) is 2. The van der Waals surface area contributed by atoms with Crippen LogP contribution in [0.2, 0.25) is 0 Å². The molecule has 1 unspecified atom stereocenters. The van der Waals surface area contributed by atoms with Crippen LogP contribution in [-0.4, -0.2) is 18.4 Å². The summed E-state index contributed by atoms with van der Waals surface area (Å²) in [6.45, 7) is 1.50. The van der Waals surface area contributed by atoms with E-state index < -0.39 is 11.8 Å². The van der Waals surface area contributed by atoms with Crippen LogP contribution >= 0.6 is 0 Å². The van der Waals surface area contributed by atoms with Crippen LogP contribution in [0.1, 0.15) is 12.5 Å². The average molecular weight is 330 g/mol. The zero-order chi connectivity index (χ0) is 17.5. The number of amides is 2. The topological polar surface area (TPSA) is 81.4 Å². The fourth-order valence-corrected chi connectivity index (χ4v) is 2.17. The predicted octanol–water partition coefficient (Wildman–Crippen LogP) is 2.51. The molecular formula is C18H19FN2O3. The Balaban J connectivity index is 1.97. The number of benzene rings is 2. The van der Waals surface area contributed by atoms with Crippen molar-refractivity contribution in [3.63, 3.8) is 0 Å². The number of carbonyl (C=O) groups is 2. The Kier molecular flexibility index (Phi) is 5.89. The van der Waals surface area contributed by atoms with Crippen molar-refractivity contribution in [1.82, 2.24) is 0 Å². The van der Waals surface area contributed by atoms with Gasteiger partial charge in [0, 0.05) is 17.7 Å². The highest BCUT2D eigenvalue weighted by molar-refractivity contribution is 5.92. The number of rotatable bonds is 7. The van der Waals surface area contributed by atoms with Gasteiger partial charge in [-0.05, 0) is 30.2 Å². The molecule has 3 N–H and O–H groups in total. The lowest BCUT2D eigenvalue weighted by molar-refractivity contribution is -0.120. The number of primary amides is 1. The van der Waals surface area contributed by atoms with E-state index >= 15 is 0 Å². The fraction of sp³-hybridized carbons (Fsp3) is 0.222. The Morgan fingerprint density at radius 2 is 1.96 bits per heavy atom. The quantitative estimate of drug-likeness (QED) is 0.818. The van der Waals surface area contributed by atoms with Crippen LogP contribution in [0.15, 0.2) is 48.5 Å². The minimum atomic E-state index is -0.581. The van der Waals surface area contributed by atoms with E-state index in [1.807, 2.05) is 0 Å². The van der Waals surface area contributed by atoms with Gasteiger partial charge in [-0.3, -0.25) is 9.59 Å². The number of nitrogens with two attached hydrogens (primary N) is 1. The van der Waals surface area contributed by atoms with E-state index in [1.54, 1.807) is 49.4 Å². The molecule has 5 nitrogen and oxygen atoms in total. The minimum absolute atomic E-state index is 0.231. The van der Waals surface area contributed by atoms with Gasteiger partial charge < -0.3 is 15.8 Å². The van der Waals surface area contributed by atoms with Gasteiger partial charge in [0.2, 0.25) is 5.91 Å². The molecule has 0 aromatic heterocycles. The van der Waals surface area contributed by atoms with Crippen molar-refractivity contribution in [2.24, 2.45) is 11.7 Å². The van der Waals surface area contributed by atoms with Crippen molar-refractivity contribution < 1.29 is 18.7 Å². The number of carbonyl (C=O) groups excluding carboxylic acids is 2. The zero-order valence-corrected chi connectivity index (χ0v) is 13.3. The molecule has 0 bridgehead atoms. The van der Waals surface area contributed by atoms with Crippen LogP contribution < -0.4 is 15.8 Å². The molecule has 0 heterocycles. The van der Waals surface area contributed by atoms with Crippen molar-refractivity contribution in [3.8, 4) is 5.75 Å². The zero-order valence-electron chi connectivity index (χ0n) is 13.3. The first kappa shape index (κ1) is 17.5. The van der Waals surface area contributed by atoms with E-state index in [4.69, 9.17) is 10.5 Å². The van der Waals surface area contributed by atoms with Crippen LogP contribution in [-0.2, 0) is 16.0 Å². The number of ether oxygens (including phenoxy) is 1. The van der Waals surface area contributed by atoms with Gasteiger partial charge >= 0.3 is 0 Å². The predicted molar refractivity (Wildman–Crippen MR) is 89.0 cm³/mol. The van der Waals surface area contributed by atoms with Gasteiger partial charge in [-0.25, -0.2) is 4.39 Å². The molecule has 24 heavy (non-hydrogen) atoms. The molecule has 0 aliphatic carbocycles. The second kappa shape index (κ2) is 8.10. The third kappa shape index (κ3) is 5.08. The van der Waals surface area contributed by atoms with Crippen molar-refractivity contribution in [2.45, 2.75) is 13.3 Å². The van der Waals surface area contributed by atoms with Crippen LogP contribution in [0.25, 0.3) is 0 Å². The van der Waals surface area contributed by atoms with Gasteiger partial charge in [0.25, 0.3) is 5.91 Å². The second-order valence-corrected chi connectivity index (χ2v) is 5.47. The number of nitrogens with one attached hydrogen (secondary N) is 1. The highest BCUT2D eigenvalue weighted by atomic mass is 19.1. The minimum Gasteiger partial charge on any atom is -0.484 e. The lowest BCUT2D eigenvalue weighted by Crippen LogP contribution is -2.22. The second-order valence-electron chi connectivity index (χ2n) is 5.47. The molecule has 0 radical (unpaired) electrons. The Hall–Kier alpha value is -2.89. The maximum atomic E-state index is 13.7. The lowest BCUT2D eigenvalue weighted by atomic mass is 10.00. The molecule has 1 atom stereocenters. The highest BCUT2D eigenvalue weighted by Crippen LogP contribution is 2.19. The van der Waals surface area contributed by atoms with Crippen LogP contribution in [0.3, 0.4) is 0 Å². The summed E-state index contributed by atoms with van der Waals surface area (Å²) >= 11 is 0. The summed E-state index contributed by atoms with van der Waals surface area (Å²) in [6.07, 6.45) is 0.302. The maximum absolute atomic E-state index is 13.7. The van der Waals surface area contributed by atoms with Crippen molar-refractivity contribution in [3.05, 3.63) is 59.9 Å². The van der Waals surface area contributed by atoms with Crippen LogP contribution in [0.4, 0.5) is 10.1 Å². The number of halogens is 1. The van der Waals surface area contributed by atoms with Gasteiger partial charge in [-0.15, -0.1) is 0 Å². The van der Waals surface area contributed by atoms with Gasteiger partial charge in [-0.2, -0.15) is 0 Å². The summed E-state index contributed by atoms with van der Waals surface area (Å²) in [5, 5.41) is 2.75. The van der Waals surface area contributed by atoms with Crippen LogP contribution in [0, 0.1) is 11.7 Å². The van der Waals surface area contributed by atoms with E-state index in [9.17, 15) is 14.0 Å². The SMILES string of the molecule is CC(Cc1ccccc1F)C(=O)Nc1cccc(OCC(N)=O)c1. The molecule has 0 saturated carbocycles. The third-order valence-corrected chi connectivity index (χ3v) is 3.41. The molecule has 2 aromatic rings. The molecular weight excluding hydrogens is 311 g/mol. The van der Waals surface area contributed by atoms with E-state index in [1.165, 1.54) is 6.07 Å². The molecule has 6 heteroatoms. The summed E-state index contributed by atoms with van der Waals surface area (Å²) in [6, 6.07) is 13.0. The standard InChI is InChI=1S/C18H19FN2O3/c1-12(9-13-5-2-3-8-16(13)19)18(23)21-14-6-4-7-15(10-14)24-11-17(20)22/h2-8,10,12H,9,11H2,1H3,(H2,20,22)(H,21,23). The smallest absolute Gasteiger partial charge is 0.255 e. The summed E-state index contributed by atoms with van der Waals surface area (Å²) in [7, 11) is 0. The van der Waals surface area contributed by atoms with E-state index in [2.05, 4.69) is 5.32 Å². The number of anilines is 1. The van der Waals surface area contributed by atoms with Crippen molar-refractivity contribution in [2.75, 3.05) is 11.9 Å². The molecule has 2 rings (SSSR count). The first-order valence-electron chi connectivity index (χ1n) is 7.51. The highest BCUT2D eigenvalue weighted by Gasteiger charge is 2.16. The molecule has 0 spiro atoms. The molecule has 0 fully saturated rings. The largest absolute Gasteiger partial charge is 0.484 e. The van der Waals surface area contributed by atoms with Gasteiger partial charge in [0.05, 0.1) is 0 Å². The first-order chi connectivity index (χ1) is 11.5. The summed E-state index contributed by atoms with van der Waals surface area (Å²) in [5.74, 6) is -1.11. The summed E-state index contributed by atoms with van der Waals surface area (Å²) in [4.78, 5) is 23.0. The van der Waals surface area contributed by atoms with Gasteiger partial charge in [-0.1, -0.05) is 31.2 Å². The van der Waals surface area contributed by atoms with E-state index in [0.29, 0.717) is 23.4 Å². The van der Waals surface area contributed by atoms with E-state index in [-0.39, 0.29) is 18.3 Å². The normalized spacial score (nSPS) is 11.6. The lowest BCUT2D eigenvalue weighted by Gasteiger charge is -2.13. The van der Waals surface area contributed by atoms with Crippen LogP contribution in [0.5, 0.6) is 5.75 Å². The Morgan fingerprint density at radius 3 is 2.67 bits per heavy atom. The molecule has 0 aliphatic rings. The maximum Gasteiger partial charge on any atom is 0.255 e. The first-order valence-corrected chi connectivity index (χ1v) is 7.51. The van der Waals surface area contributed by atoms with Gasteiger partial charge in [0.15, 0.2) is 6.61 Å². The molecule has 126 valence electrons. The average Bonchev–Trinajstić information content (AvgIpc) is 2.55. The Bertz CT molecular complexity index is 734.